The van der Waals surface area contributed by atoms with Crippen molar-refractivity contribution in [1.29, 1.82) is 0 Å². The molecule has 0 N–H and O–H groups in total. The van der Waals surface area contributed by atoms with Crippen LogP contribution in [-0.4, -0.2) is 59.8 Å². The minimum Gasteiger partial charge on any atom is -0.265 e. The Morgan fingerprint density at radius 3 is 0.412 bits per heavy atom. The third-order valence-electron chi connectivity index (χ3n) is 11.5. The predicted octanol–water partition coefficient (Wildman–Crippen LogP) is 11.2. The smallest absolute Gasteiger partial charge is 0.0898 e. The van der Waals surface area contributed by atoms with Crippen LogP contribution in [0, 0.1) is 71.0 Å². The van der Waals surface area contributed by atoms with E-state index in [4.69, 9.17) is 0 Å². The standard InChI is InChI=1S/3C24H14N4.Fe/c3*1(19-5-11-25-12-6-19)3-21-9-15-27-23(17-21)24-18-22(10-16-28-24)4-2-20-7-13-26-14-8-20;/h3*5-18H;. The minimum atomic E-state index is 0. The third kappa shape index (κ3) is 18.4. The first-order chi connectivity index (χ1) is 41.6. The van der Waals surface area contributed by atoms with Crippen LogP contribution in [0.5, 0.6) is 0 Å². The van der Waals surface area contributed by atoms with Gasteiger partial charge in [-0.2, -0.15) is 0 Å². The molecule has 12 aromatic heterocycles. The van der Waals surface area contributed by atoms with Crippen LogP contribution in [-0.2, 0) is 17.1 Å². The number of hydrogen-bond donors (Lipinski definition) is 0. The zero-order valence-corrected chi connectivity index (χ0v) is 46.1. The Morgan fingerprint density at radius 1 is 0.153 bits per heavy atom. The molecule has 0 atom stereocenters. The second-order valence-electron chi connectivity index (χ2n) is 17.5. The average Bonchev–Trinajstić information content (AvgIpc) is 3.69. The largest absolute Gasteiger partial charge is 0.265 e. The van der Waals surface area contributed by atoms with Gasteiger partial charge in [-0.15, -0.1) is 0 Å². The van der Waals surface area contributed by atoms with E-state index < -0.39 is 0 Å². The van der Waals surface area contributed by atoms with Gasteiger partial charge in [-0.3, -0.25) is 59.8 Å². The van der Waals surface area contributed by atoms with E-state index in [1.807, 2.05) is 146 Å². The van der Waals surface area contributed by atoms with Crippen molar-refractivity contribution in [3.8, 4) is 105 Å². The summed E-state index contributed by atoms with van der Waals surface area (Å²) in [5, 5.41) is 0. The SMILES string of the molecule is C(#Cc1ccnc(-c2cc(C#Cc3ccncc3)ccn2)c1)c1ccncc1.C(#Cc1ccnc(-c2cc(C#Cc3ccncc3)ccn2)c1)c1ccncc1.C(#Cc1ccnc(-c2cc(C#Cc3ccncc3)ccn2)c1)c1ccncc1.[Fe]. The molecule has 0 spiro atoms. The zero-order valence-electron chi connectivity index (χ0n) is 45.0. The summed E-state index contributed by atoms with van der Waals surface area (Å²) in [5.74, 6) is 37.7. The first-order valence-electron chi connectivity index (χ1n) is 25.9. The summed E-state index contributed by atoms with van der Waals surface area (Å²) in [6, 6.07) is 45.4. The summed E-state index contributed by atoms with van der Waals surface area (Å²) in [6.45, 7) is 0. The molecule has 0 unspecified atom stereocenters. The molecule has 0 fully saturated rings. The molecule has 85 heavy (non-hydrogen) atoms. The van der Waals surface area contributed by atoms with Crippen molar-refractivity contribution >= 4 is 0 Å². The molecule has 12 heterocycles. The Morgan fingerprint density at radius 2 is 0.271 bits per heavy atom. The quantitative estimate of drug-likeness (QED) is 0.122. The Kier molecular flexibility index (Phi) is 20.8. The van der Waals surface area contributed by atoms with Gasteiger partial charge in [-0.25, -0.2) is 0 Å². The Labute approximate surface area is 503 Å². The van der Waals surface area contributed by atoms with Crippen LogP contribution in [0.25, 0.3) is 34.2 Å². The van der Waals surface area contributed by atoms with Gasteiger partial charge in [-0.1, -0.05) is 71.0 Å². The summed E-state index contributed by atoms with van der Waals surface area (Å²) in [4.78, 5) is 50.5. The topological polar surface area (TPSA) is 155 Å². The Balaban J connectivity index is 0.000000152. The number of aromatic nitrogens is 12. The molecule has 12 aromatic rings. The van der Waals surface area contributed by atoms with E-state index in [2.05, 4.69) is 131 Å². The maximum Gasteiger partial charge on any atom is 0.0898 e. The average molecular weight is 1130 g/mol. The normalized spacial score (nSPS) is 9.46. The van der Waals surface area contributed by atoms with Crippen LogP contribution in [0.3, 0.4) is 0 Å². The molecule has 12 rings (SSSR count). The van der Waals surface area contributed by atoms with E-state index in [9.17, 15) is 0 Å². The number of hydrogen-bond acceptors (Lipinski definition) is 12. The molecule has 13 heteroatoms. The molecular weight excluding hydrogens is 1090 g/mol. The van der Waals surface area contributed by atoms with E-state index >= 15 is 0 Å². The van der Waals surface area contributed by atoms with Gasteiger partial charge < -0.3 is 0 Å². The van der Waals surface area contributed by atoms with Crippen molar-refractivity contribution in [3.63, 3.8) is 0 Å². The van der Waals surface area contributed by atoms with Gasteiger partial charge in [0.2, 0.25) is 0 Å². The first-order valence-corrected chi connectivity index (χ1v) is 25.9. The molecule has 0 radical (unpaired) electrons. The fourth-order valence-corrected chi connectivity index (χ4v) is 7.37. The summed E-state index contributed by atoms with van der Waals surface area (Å²) >= 11 is 0. The molecule has 0 aliphatic rings. The number of pyridine rings is 12. The Bertz CT molecular complexity index is 3820. The van der Waals surface area contributed by atoms with Crippen LogP contribution in [0.1, 0.15) is 66.8 Å². The summed E-state index contributed by atoms with van der Waals surface area (Å²) in [5.41, 5.74) is 15.3. The minimum absolute atomic E-state index is 0. The molecule has 0 amide bonds. The van der Waals surface area contributed by atoms with E-state index in [0.717, 1.165) is 101 Å². The second kappa shape index (κ2) is 30.9. The van der Waals surface area contributed by atoms with Crippen molar-refractivity contribution in [2.24, 2.45) is 0 Å². The second-order valence-corrected chi connectivity index (χ2v) is 17.5. The molecule has 398 valence electrons. The maximum absolute atomic E-state index is 4.43. The van der Waals surface area contributed by atoms with E-state index in [1.165, 1.54) is 0 Å². The van der Waals surface area contributed by atoms with Crippen molar-refractivity contribution < 1.29 is 17.1 Å². The zero-order chi connectivity index (χ0) is 57.1. The molecule has 0 bridgehead atoms. The van der Waals surface area contributed by atoms with Gasteiger partial charge in [0.15, 0.2) is 0 Å². The van der Waals surface area contributed by atoms with Crippen LogP contribution in [0.15, 0.2) is 257 Å². The van der Waals surface area contributed by atoms with Crippen molar-refractivity contribution in [1.82, 2.24) is 59.8 Å². The van der Waals surface area contributed by atoms with Gasteiger partial charge in [0.05, 0.1) is 34.2 Å². The van der Waals surface area contributed by atoms with Crippen LogP contribution < -0.4 is 0 Å². The fraction of sp³-hybridized carbons (Fsp3) is 0. The number of nitrogens with zero attached hydrogens (tertiary/aromatic N) is 12. The third-order valence-corrected chi connectivity index (χ3v) is 11.5. The van der Waals surface area contributed by atoms with E-state index in [1.54, 1.807) is 112 Å². The first kappa shape index (κ1) is 57.4. The fourth-order valence-electron chi connectivity index (χ4n) is 7.37. The molecular formula is C72H42FeN12. The molecule has 12 nitrogen and oxygen atoms in total. The molecule has 0 aliphatic carbocycles. The van der Waals surface area contributed by atoms with Gasteiger partial charge >= 0.3 is 0 Å². The van der Waals surface area contributed by atoms with E-state index in [0.29, 0.717) is 0 Å². The van der Waals surface area contributed by atoms with Crippen LogP contribution in [0.2, 0.25) is 0 Å². The van der Waals surface area contributed by atoms with E-state index in [-0.39, 0.29) is 17.1 Å². The summed E-state index contributed by atoms with van der Waals surface area (Å²) in [6.07, 6.45) is 31.2. The van der Waals surface area contributed by atoms with Gasteiger partial charge in [-0.05, 0) is 146 Å². The summed E-state index contributed by atoms with van der Waals surface area (Å²) in [7, 11) is 0. The summed E-state index contributed by atoms with van der Waals surface area (Å²) < 4.78 is 0. The van der Waals surface area contributed by atoms with Crippen LogP contribution in [0.4, 0.5) is 0 Å². The Hall–Kier alpha value is -12.3. The molecule has 0 saturated heterocycles. The maximum atomic E-state index is 4.43. The number of rotatable bonds is 3. The van der Waals surface area contributed by atoms with Gasteiger partial charge in [0, 0.05) is 195 Å². The van der Waals surface area contributed by atoms with Crippen molar-refractivity contribution in [2.45, 2.75) is 0 Å². The molecule has 0 aliphatic heterocycles. The monoisotopic (exact) mass is 1130 g/mol. The molecule has 0 aromatic carbocycles. The van der Waals surface area contributed by atoms with Gasteiger partial charge in [0.25, 0.3) is 0 Å². The van der Waals surface area contributed by atoms with Gasteiger partial charge in [0.1, 0.15) is 0 Å². The van der Waals surface area contributed by atoms with Crippen molar-refractivity contribution in [2.75, 3.05) is 0 Å². The predicted molar refractivity (Wildman–Crippen MR) is 324 cm³/mol. The van der Waals surface area contributed by atoms with Crippen LogP contribution >= 0.6 is 0 Å². The van der Waals surface area contributed by atoms with Crippen molar-refractivity contribution in [3.05, 3.63) is 324 Å². The molecule has 0 saturated carbocycles.